The highest BCUT2D eigenvalue weighted by molar-refractivity contribution is 6.11. The topological polar surface area (TPSA) is 87.2 Å². The van der Waals surface area contributed by atoms with E-state index in [1.54, 1.807) is 0 Å². The third-order valence-corrected chi connectivity index (χ3v) is 15.5. The van der Waals surface area contributed by atoms with Crippen molar-refractivity contribution in [2.45, 2.75) is 13.8 Å². The van der Waals surface area contributed by atoms with E-state index in [-0.39, 0.29) is 0 Å². The van der Waals surface area contributed by atoms with Gasteiger partial charge in [-0.15, -0.1) is 0 Å². The maximum atomic E-state index is 5.28. The Morgan fingerprint density at radius 2 is 0.488 bits per heavy atom. The summed E-state index contributed by atoms with van der Waals surface area (Å²) in [6.45, 7) is 4.31. The number of hydrogen-bond donors (Lipinski definition) is 0. The number of aryl methyl sites for hydroxylation is 2. The van der Waals surface area contributed by atoms with Gasteiger partial charge in [0.25, 0.3) is 0 Å². The summed E-state index contributed by atoms with van der Waals surface area (Å²) in [6, 6.07) is 93.8. The Bertz CT molecular complexity index is 4510. The van der Waals surface area contributed by atoms with Gasteiger partial charge in [-0.1, -0.05) is 199 Å². The van der Waals surface area contributed by atoms with Gasteiger partial charge in [-0.05, 0) is 115 Å². The van der Waals surface area contributed by atoms with Gasteiger partial charge in [0.15, 0.2) is 34.9 Å². The van der Waals surface area contributed by atoms with Gasteiger partial charge in [-0.25, -0.2) is 29.9 Å². The molecule has 8 heteroatoms. The third kappa shape index (κ3) is 8.76. The van der Waals surface area contributed by atoms with Crippen molar-refractivity contribution in [1.29, 1.82) is 0 Å². The summed E-state index contributed by atoms with van der Waals surface area (Å²) in [5, 5.41) is 4.77. The number of nitrogens with zero attached hydrogens (tertiary/aromatic N) is 8. The fraction of sp³-hybridized carbons (Fsp3) is 0.0270. The summed E-state index contributed by atoms with van der Waals surface area (Å²) in [5.74, 6) is 3.55. The SMILES string of the molecule is Cc1ccc2c(c1)c1ccccc1n2-c1cc(-c2cccc(-c3cc(-c4nc(-c5ccccc5)nc(-c5ccccc5)n4)cc(-n4c5ccccc5c5cc(C)ccc54)c3)c2)cc(-c2nc(-c3ccccc3)nc(-c3ccccc3)n2)c1. The second kappa shape index (κ2) is 20.0. The molecule has 0 bridgehead atoms. The summed E-state index contributed by atoms with van der Waals surface area (Å²) >= 11 is 0. The molecule has 0 amide bonds. The van der Waals surface area contributed by atoms with Gasteiger partial charge >= 0.3 is 0 Å². The molecule has 0 N–H and O–H groups in total. The number of aromatic nitrogens is 8. The van der Waals surface area contributed by atoms with Crippen LogP contribution in [0, 0.1) is 13.8 Å². The van der Waals surface area contributed by atoms with Gasteiger partial charge in [0.05, 0.1) is 22.1 Å². The zero-order chi connectivity index (χ0) is 54.7. The number of hydrogen-bond acceptors (Lipinski definition) is 6. The lowest BCUT2D eigenvalue weighted by Gasteiger charge is -2.16. The first-order valence-corrected chi connectivity index (χ1v) is 27.6. The van der Waals surface area contributed by atoms with Crippen molar-refractivity contribution in [2.75, 3.05) is 0 Å². The summed E-state index contributed by atoms with van der Waals surface area (Å²) in [5.41, 5.74) is 18.2. The zero-order valence-electron chi connectivity index (χ0n) is 45.0. The van der Waals surface area contributed by atoms with Gasteiger partial charge in [0.2, 0.25) is 0 Å². The van der Waals surface area contributed by atoms with E-state index in [4.69, 9.17) is 29.9 Å². The fourth-order valence-corrected chi connectivity index (χ4v) is 11.6. The lowest BCUT2D eigenvalue weighted by Crippen LogP contribution is -2.02. The standard InChI is InChI=1S/C74H50N8/c1-47-34-36-67-63(38-47)61-30-15-17-32-65(61)81(67)59-43-55(41-57(45-59)73-77-69(49-20-7-3-8-21-49)75-70(78-73)50-22-9-4-10-23-50)53-28-19-29-54(40-53)56-42-58(46-60(44-56)82-66-33-18-16-31-62(66)64-39-48(2)35-37-68(64)82)74-79-71(51-24-11-5-12-25-51)76-72(80-74)52-26-13-6-14-27-52/h3-46H,1-2H3. The zero-order valence-corrected chi connectivity index (χ0v) is 45.0. The fourth-order valence-electron chi connectivity index (χ4n) is 11.6. The molecule has 0 fully saturated rings. The van der Waals surface area contributed by atoms with Crippen LogP contribution < -0.4 is 0 Å². The Hall–Kier alpha value is -11.0. The molecule has 15 aromatic rings. The van der Waals surface area contributed by atoms with Crippen molar-refractivity contribution in [1.82, 2.24) is 39.0 Å². The summed E-state index contributed by atoms with van der Waals surface area (Å²) in [7, 11) is 0. The van der Waals surface area contributed by atoms with Gasteiger partial charge in [0.1, 0.15) is 0 Å². The largest absolute Gasteiger partial charge is 0.309 e. The Balaban J connectivity index is 0.965. The van der Waals surface area contributed by atoms with E-state index in [0.29, 0.717) is 34.9 Å². The lowest BCUT2D eigenvalue weighted by molar-refractivity contribution is 1.07. The average molecular weight is 1050 g/mol. The molecule has 4 aromatic heterocycles. The highest BCUT2D eigenvalue weighted by Crippen LogP contribution is 2.40. The van der Waals surface area contributed by atoms with Crippen LogP contribution in [-0.2, 0) is 0 Å². The lowest BCUT2D eigenvalue weighted by atomic mass is 9.95. The second-order valence-electron chi connectivity index (χ2n) is 20.9. The quantitative estimate of drug-likeness (QED) is 0.136. The van der Waals surface area contributed by atoms with Crippen molar-refractivity contribution >= 4 is 43.6 Å². The molecule has 0 aliphatic carbocycles. The molecule has 0 spiro atoms. The first kappa shape index (κ1) is 48.2. The van der Waals surface area contributed by atoms with Gasteiger partial charge in [-0.2, -0.15) is 0 Å². The monoisotopic (exact) mass is 1050 g/mol. The number of fused-ring (bicyclic) bond motifs is 6. The minimum absolute atomic E-state index is 0.573. The van der Waals surface area contributed by atoms with E-state index in [1.165, 1.54) is 32.7 Å². The number of para-hydroxylation sites is 2. The molecule has 11 aromatic carbocycles. The minimum Gasteiger partial charge on any atom is -0.309 e. The normalized spacial score (nSPS) is 11.5. The van der Waals surface area contributed by atoms with E-state index >= 15 is 0 Å². The average Bonchev–Trinajstić information content (AvgIpc) is 3.31. The van der Waals surface area contributed by atoms with E-state index in [0.717, 1.165) is 89.1 Å². The van der Waals surface area contributed by atoms with Gasteiger partial charge in [0, 0.05) is 66.3 Å². The van der Waals surface area contributed by atoms with E-state index in [1.807, 2.05) is 72.8 Å². The van der Waals surface area contributed by atoms with Crippen LogP contribution in [0.3, 0.4) is 0 Å². The molecule has 82 heavy (non-hydrogen) atoms. The molecular formula is C74H50N8. The molecule has 0 aliphatic rings. The molecule has 0 unspecified atom stereocenters. The summed E-state index contributed by atoms with van der Waals surface area (Å²) < 4.78 is 4.76. The molecule has 4 heterocycles. The van der Waals surface area contributed by atoms with Crippen molar-refractivity contribution < 1.29 is 0 Å². The number of rotatable bonds is 10. The Morgan fingerprint density at radius 1 is 0.207 bits per heavy atom. The molecule has 8 nitrogen and oxygen atoms in total. The maximum absolute atomic E-state index is 5.28. The minimum atomic E-state index is 0.573. The van der Waals surface area contributed by atoms with Gasteiger partial charge < -0.3 is 9.13 Å². The van der Waals surface area contributed by atoms with Crippen LogP contribution in [0.5, 0.6) is 0 Å². The highest BCUT2D eigenvalue weighted by Gasteiger charge is 2.21. The van der Waals surface area contributed by atoms with Crippen molar-refractivity contribution in [2.24, 2.45) is 0 Å². The molecule has 0 saturated heterocycles. The van der Waals surface area contributed by atoms with Crippen LogP contribution in [0.25, 0.3) is 146 Å². The predicted molar refractivity (Wildman–Crippen MR) is 335 cm³/mol. The third-order valence-electron chi connectivity index (χ3n) is 15.5. The van der Waals surface area contributed by atoms with Gasteiger partial charge in [-0.3, -0.25) is 0 Å². The highest BCUT2D eigenvalue weighted by atomic mass is 15.1. The molecule has 15 rings (SSSR count). The first-order chi connectivity index (χ1) is 40.4. The summed E-state index contributed by atoms with van der Waals surface area (Å²) in [6.07, 6.45) is 0. The predicted octanol–water partition coefficient (Wildman–Crippen LogP) is 18.2. The number of benzene rings is 11. The van der Waals surface area contributed by atoms with Crippen LogP contribution in [0.15, 0.2) is 267 Å². The Labute approximate surface area is 474 Å². The van der Waals surface area contributed by atoms with Crippen LogP contribution >= 0.6 is 0 Å². The molecule has 386 valence electrons. The molecule has 0 atom stereocenters. The molecular weight excluding hydrogens is 1000 g/mol. The smallest absolute Gasteiger partial charge is 0.164 e. The van der Waals surface area contributed by atoms with Crippen molar-refractivity contribution in [3.63, 3.8) is 0 Å². The van der Waals surface area contributed by atoms with Crippen LogP contribution in [0.2, 0.25) is 0 Å². The van der Waals surface area contributed by atoms with Crippen molar-refractivity contribution in [3.8, 4) is 102 Å². The second-order valence-corrected chi connectivity index (χ2v) is 20.9. The van der Waals surface area contributed by atoms with Crippen molar-refractivity contribution in [3.05, 3.63) is 278 Å². The van der Waals surface area contributed by atoms with E-state index < -0.39 is 0 Å². The molecule has 0 radical (unpaired) electrons. The van der Waals surface area contributed by atoms with Crippen LogP contribution in [-0.4, -0.2) is 39.0 Å². The van der Waals surface area contributed by atoms with Crippen LogP contribution in [0.4, 0.5) is 0 Å². The first-order valence-electron chi connectivity index (χ1n) is 27.6. The van der Waals surface area contributed by atoms with E-state index in [9.17, 15) is 0 Å². The Kier molecular flexibility index (Phi) is 11.8. The maximum Gasteiger partial charge on any atom is 0.164 e. The summed E-state index contributed by atoms with van der Waals surface area (Å²) in [4.78, 5) is 31.3. The van der Waals surface area contributed by atoms with E-state index in [2.05, 4.69) is 217 Å². The van der Waals surface area contributed by atoms with Crippen LogP contribution in [0.1, 0.15) is 11.1 Å². The molecule has 0 saturated carbocycles. The molecule has 0 aliphatic heterocycles. The Morgan fingerprint density at radius 3 is 0.854 bits per heavy atom.